The number of hydrogen-bond donors (Lipinski definition) is 1. The second-order valence-corrected chi connectivity index (χ2v) is 7.68. The number of aryl methyl sites for hydroxylation is 1. The zero-order chi connectivity index (χ0) is 19.8. The van der Waals surface area contributed by atoms with Gasteiger partial charge in [-0.15, -0.1) is 0 Å². The van der Waals surface area contributed by atoms with Crippen LogP contribution in [-0.2, 0) is 6.54 Å². The number of halogens is 2. The molecule has 10 heteroatoms. The van der Waals surface area contributed by atoms with Crippen molar-refractivity contribution in [2.45, 2.75) is 26.4 Å². The molecule has 0 radical (unpaired) electrons. The van der Waals surface area contributed by atoms with Gasteiger partial charge in [-0.25, -0.2) is 0 Å². The second kappa shape index (κ2) is 7.54. The highest BCUT2D eigenvalue weighted by Crippen LogP contribution is 2.23. The molecule has 1 aromatic carbocycles. The van der Waals surface area contributed by atoms with E-state index in [4.69, 9.17) is 35.4 Å². The van der Waals surface area contributed by atoms with E-state index in [-0.39, 0.29) is 6.04 Å². The van der Waals surface area contributed by atoms with E-state index in [1.54, 1.807) is 23.1 Å². The normalized spacial score (nSPS) is 12.4. The first-order valence-corrected chi connectivity index (χ1v) is 9.74. The molecule has 0 amide bonds. The summed E-state index contributed by atoms with van der Waals surface area (Å²) in [5.41, 5.74) is 2.79. The molecule has 7 nitrogen and oxygen atoms in total. The Morgan fingerprint density at radius 3 is 2.75 bits per heavy atom. The molecule has 0 aliphatic carbocycles. The van der Waals surface area contributed by atoms with E-state index >= 15 is 0 Å². The number of nitrogens with zero attached hydrogens (tertiary/aromatic N) is 6. The zero-order valence-electron chi connectivity index (χ0n) is 15.2. The molecule has 1 atom stereocenters. The van der Waals surface area contributed by atoms with Crippen molar-refractivity contribution in [2.24, 2.45) is 0 Å². The Balaban J connectivity index is 1.67. The Labute approximate surface area is 176 Å². The smallest absolute Gasteiger partial charge is 0.200 e. The average Bonchev–Trinajstić information content (AvgIpc) is 3.37. The molecule has 4 rings (SSSR count). The van der Waals surface area contributed by atoms with Crippen LogP contribution in [0.25, 0.3) is 5.69 Å². The van der Waals surface area contributed by atoms with Crippen LogP contribution in [0.4, 0.5) is 0 Å². The average molecular weight is 434 g/mol. The lowest BCUT2D eigenvalue weighted by molar-refractivity contribution is 0.515. The number of H-pyrrole nitrogens is 1. The summed E-state index contributed by atoms with van der Waals surface area (Å²) in [5.74, 6) is 0.751. The number of hydrogen-bond acceptors (Lipinski definition) is 4. The third kappa shape index (κ3) is 3.50. The number of benzene rings is 1. The molecule has 0 saturated carbocycles. The predicted octanol–water partition coefficient (Wildman–Crippen LogP) is 4.60. The van der Waals surface area contributed by atoms with Gasteiger partial charge < -0.3 is 0 Å². The van der Waals surface area contributed by atoms with Crippen LogP contribution in [0.3, 0.4) is 0 Å². The third-order valence-corrected chi connectivity index (χ3v) is 5.39. The van der Waals surface area contributed by atoms with Gasteiger partial charge in [-0.1, -0.05) is 29.3 Å². The van der Waals surface area contributed by atoms with Crippen LogP contribution in [0.1, 0.15) is 30.0 Å². The van der Waals surface area contributed by atoms with Gasteiger partial charge in [0.15, 0.2) is 10.6 Å². The van der Waals surface area contributed by atoms with E-state index in [2.05, 4.69) is 20.4 Å². The fourth-order valence-corrected chi connectivity index (χ4v) is 3.83. The molecule has 3 heterocycles. The standard InChI is InChI=1S/C18H17Cl2N7S/c1-11-5-6-21-27(11)12(2)17-23-24-18(28)26(17)15-8-22-25(10-15)9-13-3-4-14(19)7-16(13)20/h3-8,10,12H,9H2,1-2H3,(H,24,28). The van der Waals surface area contributed by atoms with Crippen molar-refractivity contribution in [3.63, 3.8) is 0 Å². The Bertz CT molecular complexity index is 1190. The minimum Gasteiger partial charge on any atom is -0.267 e. The Kier molecular flexibility index (Phi) is 5.09. The van der Waals surface area contributed by atoms with Gasteiger partial charge in [-0.3, -0.25) is 19.0 Å². The van der Waals surface area contributed by atoms with Gasteiger partial charge in [0, 0.05) is 28.1 Å². The summed E-state index contributed by atoms with van der Waals surface area (Å²) in [7, 11) is 0. The Morgan fingerprint density at radius 1 is 1.21 bits per heavy atom. The number of rotatable bonds is 5. The summed E-state index contributed by atoms with van der Waals surface area (Å²) in [6.45, 7) is 4.55. The molecule has 144 valence electrons. The lowest BCUT2D eigenvalue weighted by Crippen LogP contribution is -2.15. The quantitative estimate of drug-likeness (QED) is 0.467. The molecule has 0 bridgehead atoms. The van der Waals surface area contributed by atoms with E-state index in [9.17, 15) is 0 Å². The van der Waals surface area contributed by atoms with E-state index in [1.165, 1.54) is 0 Å². The van der Waals surface area contributed by atoms with Gasteiger partial charge in [-0.05, 0) is 49.8 Å². The maximum absolute atomic E-state index is 6.28. The van der Waals surface area contributed by atoms with Crippen LogP contribution < -0.4 is 0 Å². The first-order valence-electron chi connectivity index (χ1n) is 8.58. The first-order chi connectivity index (χ1) is 13.4. The fraction of sp³-hybridized carbons (Fsp3) is 0.222. The first kappa shape index (κ1) is 18.9. The number of aromatic nitrogens is 7. The summed E-state index contributed by atoms with van der Waals surface area (Å²) < 4.78 is 6.07. The Hall–Kier alpha value is -2.42. The van der Waals surface area contributed by atoms with Crippen LogP contribution in [0, 0.1) is 11.7 Å². The van der Waals surface area contributed by atoms with Crippen molar-refractivity contribution in [2.75, 3.05) is 0 Å². The fourth-order valence-electron chi connectivity index (χ4n) is 3.11. The van der Waals surface area contributed by atoms with E-state index in [1.807, 2.05) is 47.5 Å². The van der Waals surface area contributed by atoms with Crippen LogP contribution in [-0.4, -0.2) is 34.3 Å². The minimum atomic E-state index is -0.1000. The summed E-state index contributed by atoms with van der Waals surface area (Å²) >= 11 is 17.7. The highest BCUT2D eigenvalue weighted by molar-refractivity contribution is 7.71. The number of nitrogens with one attached hydrogen (secondary N) is 1. The predicted molar refractivity (Wildman–Crippen MR) is 111 cm³/mol. The summed E-state index contributed by atoms with van der Waals surface area (Å²) in [6.07, 6.45) is 5.43. The summed E-state index contributed by atoms with van der Waals surface area (Å²) in [4.78, 5) is 0. The van der Waals surface area contributed by atoms with Crippen molar-refractivity contribution >= 4 is 35.4 Å². The minimum absolute atomic E-state index is 0.1000. The van der Waals surface area contributed by atoms with Gasteiger partial charge in [0.25, 0.3) is 0 Å². The van der Waals surface area contributed by atoms with Gasteiger partial charge in [0.05, 0.1) is 18.4 Å². The topological polar surface area (TPSA) is 69.2 Å². The van der Waals surface area contributed by atoms with Crippen LogP contribution in [0.15, 0.2) is 42.9 Å². The molecule has 0 spiro atoms. The lowest BCUT2D eigenvalue weighted by Gasteiger charge is -2.14. The maximum atomic E-state index is 6.28. The number of aromatic amines is 1. The van der Waals surface area contributed by atoms with Crippen molar-refractivity contribution in [1.29, 1.82) is 0 Å². The van der Waals surface area contributed by atoms with Crippen molar-refractivity contribution in [3.8, 4) is 5.69 Å². The van der Waals surface area contributed by atoms with Crippen molar-refractivity contribution < 1.29 is 0 Å². The molecular weight excluding hydrogens is 417 g/mol. The third-order valence-electron chi connectivity index (χ3n) is 4.53. The highest BCUT2D eigenvalue weighted by Gasteiger charge is 2.19. The molecule has 28 heavy (non-hydrogen) atoms. The monoisotopic (exact) mass is 433 g/mol. The van der Waals surface area contributed by atoms with E-state index in [0.717, 1.165) is 22.8 Å². The maximum Gasteiger partial charge on any atom is 0.200 e. The lowest BCUT2D eigenvalue weighted by atomic mass is 10.2. The summed E-state index contributed by atoms with van der Waals surface area (Å²) in [6, 6.07) is 7.28. The molecule has 0 fully saturated rings. The molecule has 3 aromatic heterocycles. The van der Waals surface area contributed by atoms with Crippen LogP contribution in [0.5, 0.6) is 0 Å². The molecule has 1 unspecified atom stereocenters. The largest absolute Gasteiger partial charge is 0.267 e. The molecule has 4 aromatic rings. The molecule has 1 N–H and O–H groups in total. The van der Waals surface area contributed by atoms with Gasteiger partial charge in [0.2, 0.25) is 0 Å². The molecule has 0 aliphatic rings. The van der Waals surface area contributed by atoms with E-state index < -0.39 is 0 Å². The SMILES string of the molecule is Cc1ccnn1C(C)c1n[nH]c(=S)n1-c1cnn(Cc2ccc(Cl)cc2Cl)c1. The van der Waals surface area contributed by atoms with Gasteiger partial charge >= 0.3 is 0 Å². The van der Waals surface area contributed by atoms with Gasteiger partial charge in [-0.2, -0.15) is 15.3 Å². The van der Waals surface area contributed by atoms with Crippen LogP contribution >= 0.6 is 35.4 Å². The van der Waals surface area contributed by atoms with Crippen molar-refractivity contribution in [3.05, 3.63) is 74.8 Å². The zero-order valence-corrected chi connectivity index (χ0v) is 17.5. The van der Waals surface area contributed by atoms with Gasteiger partial charge in [0.1, 0.15) is 6.04 Å². The molecule has 0 saturated heterocycles. The highest BCUT2D eigenvalue weighted by atomic mass is 35.5. The molecule has 0 aliphatic heterocycles. The molecular formula is C18H17Cl2N7S. The summed E-state index contributed by atoms with van der Waals surface area (Å²) in [5, 5.41) is 17.3. The van der Waals surface area contributed by atoms with Crippen molar-refractivity contribution in [1.82, 2.24) is 34.3 Å². The van der Waals surface area contributed by atoms with E-state index in [0.29, 0.717) is 21.4 Å². The Morgan fingerprint density at radius 2 is 2.04 bits per heavy atom. The van der Waals surface area contributed by atoms with Crippen LogP contribution in [0.2, 0.25) is 10.0 Å². The second-order valence-electron chi connectivity index (χ2n) is 6.45.